The highest BCUT2D eigenvalue weighted by molar-refractivity contribution is 6.74. The number of hydrogen-bond acceptors (Lipinski definition) is 3. The van der Waals surface area contributed by atoms with Gasteiger partial charge in [0.1, 0.15) is 11.1 Å². The third-order valence-electron chi connectivity index (χ3n) is 10.0. The number of hydrogen-bond donors (Lipinski definition) is 1. The summed E-state index contributed by atoms with van der Waals surface area (Å²) in [4.78, 5) is 4.95. The zero-order chi connectivity index (χ0) is 31.2. The van der Waals surface area contributed by atoms with Crippen LogP contribution in [0.1, 0.15) is 79.3 Å². The van der Waals surface area contributed by atoms with Crippen molar-refractivity contribution in [2.45, 2.75) is 75.9 Å². The van der Waals surface area contributed by atoms with E-state index in [1.807, 2.05) is 37.6 Å². The molecule has 0 radical (unpaired) electrons. The lowest BCUT2D eigenvalue weighted by molar-refractivity contribution is 0.0923. The Bertz CT molecular complexity index is 1620. The molecule has 1 aromatic heterocycles. The Morgan fingerprint density at radius 2 is 1.27 bits per heavy atom. The van der Waals surface area contributed by atoms with E-state index in [9.17, 15) is 5.11 Å². The van der Waals surface area contributed by atoms with Crippen molar-refractivity contribution in [1.29, 1.82) is 0 Å². The first-order valence-electron chi connectivity index (χ1n) is 15.7. The molecule has 5 heteroatoms. The highest BCUT2D eigenvalue weighted by Crippen LogP contribution is 2.48. The van der Waals surface area contributed by atoms with E-state index in [2.05, 4.69) is 129 Å². The first-order valence-corrected chi connectivity index (χ1v) is 18.6. The lowest BCUT2D eigenvalue weighted by Crippen LogP contribution is -2.42. The smallest absolute Gasteiger partial charge is 0.192 e. The summed E-state index contributed by atoms with van der Waals surface area (Å²) in [5.74, 6) is 0. The van der Waals surface area contributed by atoms with Gasteiger partial charge in [0.25, 0.3) is 0 Å². The van der Waals surface area contributed by atoms with Crippen molar-refractivity contribution in [3.63, 3.8) is 0 Å². The summed E-state index contributed by atoms with van der Waals surface area (Å²) in [5, 5.41) is 12.6. The molecule has 1 aliphatic rings. The van der Waals surface area contributed by atoms with Gasteiger partial charge >= 0.3 is 0 Å². The largest absolute Gasteiger partial charge is 0.410 e. The van der Waals surface area contributed by atoms with E-state index in [-0.39, 0.29) is 11.1 Å². The molecule has 4 nitrogen and oxygen atoms in total. The summed E-state index contributed by atoms with van der Waals surface area (Å²) in [6, 6.07) is 38.0. The average Bonchev–Trinajstić information content (AvgIpc) is 3.67. The van der Waals surface area contributed by atoms with E-state index in [4.69, 9.17) is 9.41 Å². The van der Waals surface area contributed by atoms with E-state index in [1.54, 1.807) is 0 Å². The fourth-order valence-corrected chi connectivity index (χ4v) is 7.90. The van der Waals surface area contributed by atoms with Crippen molar-refractivity contribution in [2.24, 2.45) is 0 Å². The Balaban J connectivity index is 1.50. The zero-order valence-electron chi connectivity index (χ0n) is 26.8. The molecule has 0 fully saturated rings. The van der Waals surface area contributed by atoms with Gasteiger partial charge in [-0.2, -0.15) is 0 Å². The summed E-state index contributed by atoms with van der Waals surface area (Å²) in [6.45, 7) is 13.3. The van der Waals surface area contributed by atoms with Crippen LogP contribution in [-0.4, -0.2) is 23.0 Å². The molecule has 0 bridgehead atoms. The average molecular weight is 601 g/mol. The number of fused-ring (bicyclic) bond motifs is 1. The van der Waals surface area contributed by atoms with Crippen molar-refractivity contribution in [3.8, 4) is 0 Å². The molecule has 0 saturated heterocycles. The van der Waals surface area contributed by atoms with Crippen molar-refractivity contribution >= 4 is 8.32 Å². The Kier molecular flexibility index (Phi) is 7.77. The van der Waals surface area contributed by atoms with Gasteiger partial charge in [0, 0.05) is 6.20 Å². The Labute approximate surface area is 263 Å². The van der Waals surface area contributed by atoms with Crippen molar-refractivity contribution in [2.75, 3.05) is 0 Å². The topological polar surface area (TPSA) is 47.3 Å². The molecule has 5 aromatic rings. The van der Waals surface area contributed by atoms with E-state index in [0.29, 0.717) is 5.69 Å². The van der Waals surface area contributed by atoms with Crippen LogP contribution in [0, 0.1) is 0 Å². The van der Waals surface area contributed by atoms with Crippen LogP contribution in [0.3, 0.4) is 0 Å². The molecule has 1 N–H and O–H groups in total. The standard InChI is InChI=1S/C39H44N2O2Si/c1-37(2,3)44(5,6)43-34-26-25-29-17-16-24-33(36(29)34)38(4,42)35-27-41(28-40-35)39(30-18-10-7-11-19-30,31-20-12-8-13-21-31)32-22-14-9-15-23-32/h7-24,27-28,34,42H,25-26H2,1-6H3. The first-order chi connectivity index (χ1) is 21.0. The van der Waals surface area contributed by atoms with E-state index in [0.717, 1.165) is 40.7 Å². The summed E-state index contributed by atoms with van der Waals surface area (Å²) in [5.41, 5.74) is 5.21. The second kappa shape index (κ2) is 11.3. The Hall–Kier alpha value is -3.77. The maximum atomic E-state index is 12.5. The third kappa shape index (κ3) is 5.07. The SMILES string of the molecule is CC(O)(c1cn(C(c2ccccc2)(c2ccccc2)c2ccccc2)cn1)c1cccc2c1C(O[Si](C)(C)C(C)(C)C)CC2. The van der Waals surface area contributed by atoms with Gasteiger partial charge in [-0.3, -0.25) is 0 Å². The van der Waals surface area contributed by atoms with Crippen LogP contribution < -0.4 is 0 Å². The maximum absolute atomic E-state index is 12.5. The van der Waals surface area contributed by atoms with Crippen LogP contribution in [-0.2, 0) is 22.0 Å². The minimum absolute atomic E-state index is 0.0345. The summed E-state index contributed by atoms with van der Waals surface area (Å²) < 4.78 is 9.17. The molecule has 2 atom stereocenters. The van der Waals surface area contributed by atoms with E-state index >= 15 is 0 Å². The molecule has 0 amide bonds. The number of aliphatic hydroxyl groups is 1. The molecule has 0 saturated carbocycles. The number of benzene rings is 4. The normalized spacial score (nSPS) is 16.8. The molecule has 4 aromatic carbocycles. The van der Waals surface area contributed by atoms with E-state index in [1.165, 1.54) is 5.56 Å². The van der Waals surface area contributed by atoms with Crippen LogP contribution >= 0.6 is 0 Å². The molecule has 2 unspecified atom stereocenters. The molecule has 6 rings (SSSR count). The van der Waals surface area contributed by atoms with Gasteiger partial charge in [-0.25, -0.2) is 4.98 Å². The summed E-state index contributed by atoms with van der Waals surface area (Å²) in [6.07, 6.45) is 5.76. The minimum Gasteiger partial charge on any atom is -0.410 e. The number of aromatic nitrogens is 2. The van der Waals surface area contributed by atoms with Gasteiger partial charge in [-0.1, -0.05) is 130 Å². The molecule has 1 heterocycles. The highest BCUT2D eigenvalue weighted by atomic mass is 28.4. The molecule has 226 valence electrons. The molecular formula is C39H44N2O2Si. The van der Waals surface area contributed by atoms with Crippen LogP contribution in [0.2, 0.25) is 18.1 Å². The molecular weight excluding hydrogens is 557 g/mol. The Morgan fingerprint density at radius 3 is 1.77 bits per heavy atom. The third-order valence-corrected chi connectivity index (χ3v) is 14.5. The van der Waals surface area contributed by atoms with Crippen molar-refractivity contribution in [1.82, 2.24) is 9.55 Å². The monoisotopic (exact) mass is 600 g/mol. The quantitative estimate of drug-likeness (QED) is 0.143. The second-order valence-electron chi connectivity index (χ2n) is 13.8. The van der Waals surface area contributed by atoms with Gasteiger partial charge < -0.3 is 14.1 Å². The van der Waals surface area contributed by atoms with Crippen molar-refractivity contribution in [3.05, 3.63) is 161 Å². The molecule has 44 heavy (non-hydrogen) atoms. The molecule has 0 spiro atoms. The van der Waals surface area contributed by atoms with Crippen LogP contribution in [0.4, 0.5) is 0 Å². The fourth-order valence-electron chi connectivity index (χ4n) is 6.60. The number of imidazole rings is 1. The Morgan fingerprint density at radius 1 is 0.750 bits per heavy atom. The van der Waals surface area contributed by atoms with E-state index < -0.39 is 19.5 Å². The second-order valence-corrected chi connectivity index (χ2v) is 18.6. The van der Waals surface area contributed by atoms with Gasteiger partial charge in [0.05, 0.1) is 18.1 Å². The zero-order valence-corrected chi connectivity index (χ0v) is 27.8. The summed E-state index contributed by atoms with van der Waals surface area (Å²) >= 11 is 0. The van der Waals surface area contributed by atoms with Crippen LogP contribution in [0.15, 0.2) is 122 Å². The number of rotatable bonds is 8. The predicted octanol–water partition coefficient (Wildman–Crippen LogP) is 8.99. The molecule has 0 aliphatic heterocycles. The maximum Gasteiger partial charge on any atom is 0.192 e. The first kappa shape index (κ1) is 30.3. The predicted molar refractivity (Wildman–Crippen MR) is 181 cm³/mol. The summed E-state index contributed by atoms with van der Waals surface area (Å²) in [7, 11) is -2.03. The number of nitrogens with zero attached hydrogens (tertiary/aromatic N) is 2. The van der Waals surface area contributed by atoms with Crippen LogP contribution in [0.25, 0.3) is 0 Å². The van der Waals surface area contributed by atoms with Gasteiger partial charge in [0.2, 0.25) is 0 Å². The van der Waals surface area contributed by atoms with Gasteiger partial charge in [-0.05, 0) is 71.3 Å². The molecule has 1 aliphatic carbocycles. The van der Waals surface area contributed by atoms with Crippen LogP contribution in [0.5, 0.6) is 0 Å². The minimum atomic E-state index is -2.03. The number of aryl methyl sites for hydroxylation is 1. The van der Waals surface area contributed by atoms with Gasteiger partial charge in [0.15, 0.2) is 8.32 Å². The van der Waals surface area contributed by atoms with Gasteiger partial charge in [-0.15, -0.1) is 0 Å². The highest BCUT2D eigenvalue weighted by Gasteiger charge is 2.44. The fraction of sp³-hybridized carbons (Fsp3) is 0.308. The van der Waals surface area contributed by atoms with Crippen molar-refractivity contribution < 1.29 is 9.53 Å². The lowest BCUT2D eigenvalue weighted by atomic mass is 9.76. The lowest BCUT2D eigenvalue weighted by Gasteiger charge is -2.39.